The van der Waals surface area contributed by atoms with Gasteiger partial charge in [0.25, 0.3) is 0 Å². The summed E-state index contributed by atoms with van der Waals surface area (Å²) in [5.41, 5.74) is 0.474. The first-order chi connectivity index (χ1) is 11.0. The van der Waals surface area contributed by atoms with E-state index in [1.165, 1.54) is 18.4 Å². The number of rotatable bonds is 1. The molecule has 3 fully saturated rings. The van der Waals surface area contributed by atoms with Crippen LogP contribution in [0.15, 0.2) is 11.6 Å². The maximum Gasteiger partial charge on any atom is 0.155 e. The SMILES string of the molecule is C#C[C@]1(O)CC[C@H]2[C@@H]3CCC4=CC(=O)CC[C@@H]4[C@H]3CC[C@@]21CC.Cl. The first-order valence-corrected chi connectivity index (χ1v) is 9.48. The topological polar surface area (TPSA) is 37.3 Å². The highest BCUT2D eigenvalue weighted by Crippen LogP contribution is 2.66. The Kier molecular flexibility index (Phi) is 4.65. The summed E-state index contributed by atoms with van der Waals surface area (Å²) in [6.45, 7) is 2.22. The van der Waals surface area contributed by atoms with Crippen LogP contribution in [0.25, 0.3) is 0 Å². The molecule has 0 amide bonds. The van der Waals surface area contributed by atoms with Crippen LogP contribution in [0.5, 0.6) is 0 Å². The molecule has 0 bridgehead atoms. The highest BCUT2D eigenvalue weighted by molar-refractivity contribution is 5.91. The molecule has 2 nitrogen and oxygen atoms in total. The van der Waals surface area contributed by atoms with Crippen molar-refractivity contribution in [1.29, 1.82) is 0 Å². The van der Waals surface area contributed by atoms with Crippen molar-refractivity contribution in [2.45, 2.75) is 70.3 Å². The lowest BCUT2D eigenvalue weighted by Crippen LogP contribution is -2.53. The van der Waals surface area contributed by atoms with Gasteiger partial charge in [-0.15, -0.1) is 18.8 Å². The van der Waals surface area contributed by atoms with Gasteiger partial charge in [0.05, 0.1) is 0 Å². The van der Waals surface area contributed by atoms with Crippen LogP contribution in [0.4, 0.5) is 0 Å². The number of terminal acetylenes is 1. The monoisotopic (exact) mass is 348 g/mol. The summed E-state index contributed by atoms with van der Waals surface area (Å²) >= 11 is 0. The molecule has 4 aliphatic carbocycles. The van der Waals surface area contributed by atoms with E-state index in [0.717, 1.165) is 44.9 Å². The smallest absolute Gasteiger partial charge is 0.155 e. The number of ketones is 1. The Bertz CT molecular complexity index is 603. The third-order valence-corrected chi connectivity index (χ3v) is 8.02. The molecular weight excluding hydrogens is 320 g/mol. The Morgan fingerprint density at radius 1 is 1.21 bits per heavy atom. The Morgan fingerprint density at radius 3 is 2.71 bits per heavy atom. The second-order valence-electron chi connectivity index (χ2n) is 8.40. The summed E-state index contributed by atoms with van der Waals surface area (Å²) in [5, 5.41) is 11.1. The molecule has 3 heteroatoms. The van der Waals surface area contributed by atoms with Crippen LogP contribution in [-0.2, 0) is 4.79 Å². The Morgan fingerprint density at radius 2 is 2.00 bits per heavy atom. The number of carbonyl (C=O) groups excluding carboxylic acids is 1. The van der Waals surface area contributed by atoms with Gasteiger partial charge in [-0.2, -0.15) is 0 Å². The second kappa shape index (κ2) is 6.19. The summed E-state index contributed by atoms with van der Waals surface area (Å²) in [5.74, 6) is 5.73. The van der Waals surface area contributed by atoms with Gasteiger partial charge < -0.3 is 5.11 Å². The molecule has 3 saturated carbocycles. The number of fused-ring (bicyclic) bond motifs is 5. The fraction of sp³-hybridized carbons (Fsp3) is 0.762. The lowest BCUT2D eigenvalue weighted by atomic mass is 9.49. The van der Waals surface area contributed by atoms with Gasteiger partial charge in [-0.1, -0.05) is 18.4 Å². The average Bonchev–Trinajstić information content (AvgIpc) is 2.88. The molecule has 0 heterocycles. The van der Waals surface area contributed by atoms with Crippen molar-refractivity contribution in [1.82, 2.24) is 0 Å². The van der Waals surface area contributed by atoms with Gasteiger partial charge in [0.2, 0.25) is 0 Å². The molecule has 6 atom stereocenters. The summed E-state index contributed by atoms with van der Waals surface area (Å²) in [6, 6.07) is 0. The minimum absolute atomic E-state index is 0. The van der Waals surface area contributed by atoms with Crippen LogP contribution in [0, 0.1) is 41.4 Å². The van der Waals surface area contributed by atoms with Crippen LogP contribution >= 0.6 is 12.4 Å². The minimum atomic E-state index is -0.893. The molecule has 1 N–H and O–H groups in total. The molecule has 0 saturated heterocycles. The summed E-state index contributed by atoms with van der Waals surface area (Å²) in [6.07, 6.45) is 16.9. The van der Waals surface area contributed by atoms with E-state index in [9.17, 15) is 9.90 Å². The summed E-state index contributed by atoms with van der Waals surface area (Å²) < 4.78 is 0. The molecule has 0 spiro atoms. The predicted molar refractivity (Wildman–Crippen MR) is 97.7 cm³/mol. The lowest BCUT2D eigenvalue weighted by molar-refractivity contribution is -0.117. The molecule has 4 aliphatic rings. The van der Waals surface area contributed by atoms with Crippen LogP contribution in [-0.4, -0.2) is 16.5 Å². The highest BCUT2D eigenvalue weighted by Gasteiger charge is 2.63. The number of hydrogen-bond donors (Lipinski definition) is 1. The van der Waals surface area contributed by atoms with E-state index in [1.54, 1.807) is 0 Å². The maximum atomic E-state index is 11.8. The van der Waals surface area contributed by atoms with E-state index in [0.29, 0.717) is 29.5 Å². The molecule has 0 aliphatic heterocycles. The van der Waals surface area contributed by atoms with Crippen molar-refractivity contribution in [3.8, 4) is 12.3 Å². The Hall–Kier alpha value is -0.780. The standard InChI is InChI=1S/C21H28O2.ClH/c1-3-20-11-9-17-16-8-6-15(22)13-14(16)5-7-18(17)19(20)10-12-21(20,23)4-2;/h2,13,16-19,23H,3,5-12H2,1H3;1H/t16-,17+,18+,19-,20-,21-;/m0./s1. The normalized spacial score (nSPS) is 46.7. The first-order valence-electron chi connectivity index (χ1n) is 9.48. The van der Waals surface area contributed by atoms with Gasteiger partial charge in [0.1, 0.15) is 5.60 Å². The molecule has 0 aromatic rings. The molecule has 0 unspecified atom stereocenters. The zero-order valence-electron chi connectivity index (χ0n) is 14.6. The van der Waals surface area contributed by atoms with Crippen molar-refractivity contribution in [2.24, 2.45) is 29.1 Å². The number of halogens is 1. The average molecular weight is 349 g/mol. The van der Waals surface area contributed by atoms with Crippen LogP contribution in [0.1, 0.15) is 64.7 Å². The fourth-order valence-electron chi connectivity index (χ4n) is 6.96. The molecule has 4 rings (SSSR count). The first kappa shape index (κ1) is 18.0. The van der Waals surface area contributed by atoms with Gasteiger partial charge in [-0.25, -0.2) is 0 Å². The predicted octanol–water partition coefficient (Wildman–Crippen LogP) is 4.30. The number of hydrogen-bond acceptors (Lipinski definition) is 2. The minimum Gasteiger partial charge on any atom is -0.377 e. The summed E-state index contributed by atoms with van der Waals surface area (Å²) in [4.78, 5) is 11.8. The van der Waals surface area contributed by atoms with Crippen molar-refractivity contribution in [3.05, 3.63) is 11.6 Å². The molecule has 24 heavy (non-hydrogen) atoms. The van der Waals surface area contributed by atoms with E-state index in [-0.39, 0.29) is 17.8 Å². The number of allylic oxidation sites excluding steroid dienone is 1. The highest BCUT2D eigenvalue weighted by atomic mass is 35.5. The van der Waals surface area contributed by atoms with E-state index in [4.69, 9.17) is 6.42 Å². The van der Waals surface area contributed by atoms with Gasteiger partial charge in [-0.3, -0.25) is 4.79 Å². The maximum absolute atomic E-state index is 11.8. The molecule has 0 radical (unpaired) electrons. The van der Waals surface area contributed by atoms with E-state index in [2.05, 4.69) is 12.8 Å². The van der Waals surface area contributed by atoms with Crippen molar-refractivity contribution < 1.29 is 9.90 Å². The number of carbonyl (C=O) groups is 1. The van der Waals surface area contributed by atoms with Gasteiger partial charge in [0, 0.05) is 11.8 Å². The van der Waals surface area contributed by atoms with Gasteiger partial charge >= 0.3 is 0 Å². The van der Waals surface area contributed by atoms with Crippen LogP contribution in [0.2, 0.25) is 0 Å². The third-order valence-electron chi connectivity index (χ3n) is 8.02. The van der Waals surface area contributed by atoms with Crippen LogP contribution in [0.3, 0.4) is 0 Å². The third kappa shape index (κ3) is 2.24. The molecular formula is C21H29ClO2. The summed E-state index contributed by atoms with van der Waals surface area (Å²) in [7, 11) is 0. The van der Waals surface area contributed by atoms with E-state index >= 15 is 0 Å². The van der Waals surface area contributed by atoms with Crippen molar-refractivity contribution >= 4 is 18.2 Å². The second-order valence-corrected chi connectivity index (χ2v) is 8.40. The Labute approximate surface area is 151 Å². The largest absolute Gasteiger partial charge is 0.377 e. The van der Waals surface area contributed by atoms with Crippen molar-refractivity contribution in [3.63, 3.8) is 0 Å². The van der Waals surface area contributed by atoms with Gasteiger partial charge in [0.15, 0.2) is 5.78 Å². The zero-order valence-corrected chi connectivity index (χ0v) is 15.4. The molecule has 132 valence electrons. The Balaban J connectivity index is 0.00000169. The van der Waals surface area contributed by atoms with Crippen LogP contribution < -0.4 is 0 Å². The lowest BCUT2D eigenvalue weighted by Gasteiger charge is -2.55. The van der Waals surface area contributed by atoms with E-state index < -0.39 is 5.60 Å². The number of aliphatic hydroxyl groups is 1. The molecule has 0 aromatic heterocycles. The zero-order chi connectivity index (χ0) is 16.2. The fourth-order valence-corrected chi connectivity index (χ4v) is 6.96. The van der Waals surface area contributed by atoms with E-state index in [1.807, 2.05) is 6.08 Å². The quantitative estimate of drug-likeness (QED) is 0.717. The molecule has 0 aromatic carbocycles. The van der Waals surface area contributed by atoms with Crippen molar-refractivity contribution in [2.75, 3.05) is 0 Å². The van der Waals surface area contributed by atoms with Gasteiger partial charge in [-0.05, 0) is 81.1 Å².